The molecule has 0 nitrogen and oxygen atoms in total. The summed E-state index contributed by atoms with van der Waals surface area (Å²) in [6.45, 7) is 2.06. The second kappa shape index (κ2) is 6.61. The SMILES string of the molecule is C/C=C/C/C(=C/c1ccccc1)c1ccccc1. The summed E-state index contributed by atoms with van der Waals surface area (Å²) in [5.41, 5.74) is 3.89. The normalized spacial score (nSPS) is 11.9. The zero-order valence-electron chi connectivity index (χ0n) is 10.7. The molecule has 0 N–H and O–H groups in total. The quantitative estimate of drug-likeness (QED) is 0.504. The van der Waals surface area contributed by atoms with Crippen LogP contribution in [0.15, 0.2) is 72.8 Å². The van der Waals surface area contributed by atoms with E-state index in [1.54, 1.807) is 0 Å². The topological polar surface area (TPSA) is 0 Å². The molecule has 0 aromatic heterocycles. The van der Waals surface area contributed by atoms with Crippen molar-refractivity contribution in [2.24, 2.45) is 0 Å². The minimum absolute atomic E-state index is 0.968. The Morgan fingerprint density at radius 2 is 1.50 bits per heavy atom. The first-order valence-corrected chi connectivity index (χ1v) is 6.32. The molecule has 0 aliphatic heterocycles. The van der Waals surface area contributed by atoms with Crippen molar-refractivity contribution in [2.75, 3.05) is 0 Å². The van der Waals surface area contributed by atoms with E-state index in [9.17, 15) is 0 Å². The van der Waals surface area contributed by atoms with Crippen LogP contribution in [-0.4, -0.2) is 0 Å². The first kappa shape index (κ1) is 12.4. The van der Waals surface area contributed by atoms with Gasteiger partial charge in [-0.25, -0.2) is 0 Å². The molecule has 0 saturated carbocycles. The maximum Gasteiger partial charge on any atom is -0.00914 e. The van der Waals surface area contributed by atoms with Crippen molar-refractivity contribution in [3.8, 4) is 0 Å². The van der Waals surface area contributed by atoms with Crippen molar-refractivity contribution < 1.29 is 0 Å². The molecule has 0 radical (unpaired) electrons. The van der Waals surface area contributed by atoms with Gasteiger partial charge in [0.25, 0.3) is 0 Å². The van der Waals surface area contributed by atoms with Gasteiger partial charge in [-0.15, -0.1) is 0 Å². The minimum atomic E-state index is 0.968. The summed E-state index contributed by atoms with van der Waals surface area (Å²) in [4.78, 5) is 0. The van der Waals surface area contributed by atoms with Crippen molar-refractivity contribution in [3.05, 3.63) is 83.9 Å². The van der Waals surface area contributed by atoms with Crippen LogP contribution in [0.1, 0.15) is 24.5 Å². The van der Waals surface area contributed by atoms with Crippen LogP contribution in [0.4, 0.5) is 0 Å². The van der Waals surface area contributed by atoms with Crippen LogP contribution in [0.5, 0.6) is 0 Å². The van der Waals surface area contributed by atoms with Crippen LogP contribution in [0.3, 0.4) is 0 Å². The molecule has 0 unspecified atom stereocenters. The van der Waals surface area contributed by atoms with E-state index in [0.29, 0.717) is 0 Å². The summed E-state index contributed by atoms with van der Waals surface area (Å²) >= 11 is 0. The molecule has 0 heteroatoms. The van der Waals surface area contributed by atoms with Gasteiger partial charge < -0.3 is 0 Å². The Kier molecular flexibility index (Phi) is 4.54. The van der Waals surface area contributed by atoms with Crippen molar-refractivity contribution in [3.63, 3.8) is 0 Å². The Balaban J connectivity index is 2.34. The number of benzene rings is 2. The molecule has 2 aromatic carbocycles. The van der Waals surface area contributed by atoms with E-state index in [4.69, 9.17) is 0 Å². The van der Waals surface area contributed by atoms with Crippen LogP contribution in [0.2, 0.25) is 0 Å². The highest BCUT2D eigenvalue weighted by molar-refractivity contribution is 5.82. The highest BCUT2D eigenvalue weighted by Crippen LogP contribution is 2.21. The first-order chi connectivity index (χ1) is 8.90. The molecule has 0 fully saturated rings. The molecule has 2 aromatic rings. The number of rotatable bonds is 4. The van der Waals surface area contributed by atoms with Crippen LogP contribution in [0.25, 0.3) is 11.6 Å². The maximum absolute atomic E-state index is 2.26. The molecular weight excluding hydrogens is 216 g/mol. The maximum atomic E-state index is 2.26. The fraction of sp³-hybridized carbons (Fsp3) is 0.111. The average molecular weight is 234 g/mol. The lowest BCUT2D eigenvalue weighted by Gasteiger charge is -2.05. The molecule has 90 valence electrons. The molecule has 0 aliphatic carbocycles. The monoisotopic (exact) mass is 234 g/mol. The summed E-state index contributed by atoms with van der Waals surface area (Å²) < 4.78 is 0. The van der Waals surface area contributed by atoms with Crippen molar-refractivity contribution in [1.29, 1.82) is 0 Å². The van der Waals surface area contributed by atoms with Gasteiger partial charge in [-0.1, -0.05) is 78.9 Å². The third kappa shape index (κ3) is 3.46. The molecule has 0 atom stereocenters. The lowest BCUT2D eigenvalue weighted by Crippen LogP contribution is -1.83. The molecule has 0 bridgehead atoms. The van der Waals surface area contributed by atoms with Gasteiger partial charge in [0.1, 0.15) is 0 Å². The van der Waals surface area contributed by atoms with Gasteiger partial charge in [0.2, 0.25) is 0 Å². The van der Waals surface area contributed by atoms with E-state index >= 15 is 0 Å². The van der Waals surface area contributed by atoms with Crippen LogP contribution in [-0.2, 0) is 0 Å². The fourth-order valence-corrected chi connectivity index (χ4v) is 1.91. The van der Waals surface area contributed by atoms with E-state index in [1.165, 1.54) is 16.7 Å². The predicted molar refractivity (Wildman–Crippen MR) is 80.2 cm³/mol. The highest BCUT2D eigenvalue weighted by Gasteiger charge is 1.99. The number of hydrogen-bond donors (Lipinski definition) is 0. The molecule has 18 heavy (non-hydrogen) atoms. The molecule has 0 aliphatic rings. The smallest absolute Gasteiger partial charge is 0.00914 e. The Bertz CT molecular complexity index is 518. The standard InChI is InChI=1S/C18H18/c1-2-3-12-18(17-13-8-5-9-14-17)15-16-10-6-4-7-11-16/h2-11,13-15H,12H2,1H3/b3-2+,18-15-. The summed E-state index contributed by atoms with van der Waals surface area (Å²) in [7, 11) is 0. The van der Waals surface area contributed by atoms with Crippen molar-refractivity contribution >= 4 is 11.6 Å². The zero-order chi connectivity index (χ0) is 12.6. The van der Waals surface area contributed by atoms with Gasteiger partial charge >= 0.3 is 0 Å². The predicted octanol–water partition coefficient (Wildman–Crippen LogP) is 5.19. The van der Waals surface area contributed by atoms with Crippen molar-refractivity contribution in [2.45, 2.75) is 13.3 Å². The second-order valence-corrected chi connectivity index (χ2v) is 4.22. The van der Waals surface area contributed by atoms with E-state index in [1.807, 2.05) is 6.07 Å². The van der Waals surface area contributed by atoms with Gasteiger partial charge in [0.05, 0.1) is 0 Å². The van der Waals surface area contributed by atoms with Crippen LogP contribution >= 0.6 is 0 Å². The van der Waals surface area contributed by atoms with Gasteiger partial charge in [0.15, 0.2) is 0 Å². The van der Waals surface area contributed by atoms with E-state index in [-0.39, 0.29) is 0 Å². The molecule has 0 heterocycles. The van der Waals surface area contributed by atoms with Crippen LogP contribution < -0.4 is 0 Å². The largest absolute Gasteiger partial charge is 0.0913 e. The Morgan fingerprint density at radius 3 is 2.11 bits per heavy atom. The minimum Gasteiger partial charge on any atom is -0.0913 e. The van der Waals surface area contributed by atoms with Crippen LogP contribution in [0, 0.1) is 0 Å². The molecule has 0 saturated heterocycles. The lowest BCUT2D eigenvalue weighted by molar-refractivity contribution is 1.38. The zero-order valence-corrected chi connectivity index (χ0v) is 10.7. The first-order valence-electron chi connectivity index (χ1n) is 6.32. The molecule has 0 spiro atoms. The fourth-order valence-electron chi connectivity index (χ4n) is 1.91. The van der Waals surface area contributed by atoms with E-state index in [2.05, 4.69) is 79.7 Å². The third-order valence-corrected chi connectivity index (χ3v) is 2.86. The number of allylic oxidation sites excluding steroid dienone is 3. The van der Waals surface area contributed by atoms with Gasteiger partial charge in [-0.05, 0) is 30.0 Å². The Labute approximate surface area is 109 Å². The van der Waals surface area contributed by atoms with Gasteiger partial charge in [-0.2, -0.15) is 0 Å². The van der Waals surface area contributed by atoms with Crippen molar-refractivity contribution in [1.82, 2.24) is 0 Å². The van der Waals surface area contributed by atoms with E-state index < -0.39 is 0 Å². The second-order valence-electron chi connectivity index (χ2n) is 4.22. The number of hydrogen-bond acceptors (Lipinski definition) is 0. The summed E-state index contributed by atoms with van der Waals surface area (Å²) in [6, 6.07) is 21.0. The third-order valence-electron chi connectivity index (χ3n) is 2.86. The lowest BCUT2D eigenvalue weighted by atomic mass is 10.00. The molecular formula is C18H18. The molecule has 0 amide bonds. The average Bonchev–Trinajstić information content (AvgIpc) is 2.45. The highest BCUT2D eigenvalue weighted by atomic mass is 14.0. The summed E-state index contributed by atoms with van der Waals surface area (Å²) in [6.07, 6.45) is 7.52. The molecule has 2 rings (SSSR count). The summed E-state index contributed by atoms with van der Waals surface area (Å²) in [5.74, 6) is 0. The Morgan fingerprint density at radius 1 is 0.889 bits per heavy atom. The van der Waals surface area contributed by atoms with Gasteiger partial charge in [-0.3, -0.25) is 0 Å². The van der Waals surface area contributed by atoms with E-state index in [0.717, 1.165) is 6.42 Å². The summed E-state index contributed by atoms with van der Waals surface area (Å²) in [5, 5.41) is 0. The van der Waals surface area contributed by atoms with Gasteiger partial charge in [0, 0.05) is 0 Å². The Hall–Kier alpha value is -2.08.